The van der Waals surface area contributed by atoms with E-state index in [1.165, 1.54) is 6.07 Å². The SMILES string of the molecule is OCc1cc(Oc2ccc(Br)c(F)c2)c2ccccc2n1. The van der Waals surface area contributed by atoms with E-state index in [1.807, 2.05) is 24.3 Å². The van der Waals surface area contributed by atoms with Crippen molar-refractivity contribution in [2.24, 2.45) is 0 Å². The molecule has 0 saturated heterocycles. The van der Waals surface area contributed by atoms with Gasteiger partial charge < -0.3 is 9.84 Å². The fourth-order valence-corrected chi connectivity index (χ4v) is 2.27. The van der Waals surface area contributed by atoms with E-state index >= 15 is 0 Å². The summed E-state index contributed by atoms with van der Waals surface area (Å²) < 4.78 is 19.7. The molecule has 106 valence electrons. The third kappa shape index (κ3) is 2.89. The Morgan fingerprint density at radius 3 is 2.71 bits per heavy atom. The van der Waals surface area contributed by atoms with Gasteiger partial charge in [-0.15, -0.1) is 0 Å². The lowest BCUT2D eigenvalue weighted by molar-refractivity contribution is 0.276. The first kappa shape index (κ1) is 14.0. The van der Waals surface area contributed by atoms with Crippen molar-refractivity contribution < 1.29 is 14.2 Å². The molecule has 5 heteroatoms. The number of ether oxygens (including phenoxy) is 1. The van der Waals surface area contributed by atoms with Gasteiger partial charge in [0.15, 0.2) is 0 Å². The van der Waals surface area contributed by atoms with Crippen LogP contribution >= 0.6 is 15.9 Å². The number of nitrogens with zero attached hydrogens (tertiary/aromatic N) is 1. The standard InChI is InChI=1S/C16H11BrFNO2/c17-13-6-5-11(8-14(13)18)21-16-7-10(9-20)19-15-4-2-1-3-12(15)16/h1-8,20H,9H2. The molecule has 2 aromatic carbocycles. The molecule has 21 heavy (non-hydrogen) atoms. The van der Waals surface area contributed by atoms with Crippen molar-refractivity contribution in [3.8, 4) is 11.5 Å². The van der Waals surface area contributed by atoms with Crippen molar-refractivity contribution in [3.63, 3.8) is 0 Å². The lowest BCUT2D eigenvalue weighted by atomic mass is 10.2. The maximum atomic E-state index is 13.6. The van der Waals surface area contributed by atoms with Crippen LogP contribution in [0.1, 0.15) is 5.69 Å². The summed E-state index contributed by atoms with van der Waals surface area (Å²) in [5.74, 6) is 0.524. The lowest BCUT2D eigenvalue weighted by Gasteiger charge is -2.10. The normalized spacial score (nSPS) is 10.8. The molecule has 3 nitrogen and oxygen atoms in total. The molecular weight excluding hydrogens is 337 g/mol. The number of rotatable bonds is 3. The molecule has 0 spiro atoms. The lowest BCUT2D eigenvalue weighted by Crippen LogP contribution is -1.94. The molecule has 1 aromatic heterocycles. The fraction of sp³-hybridized carbons (Fsp3) is 0.0625. The average Bonchev–Trinajstić information content (AvgIpc) is 2.51. The molecule has 0 aliphatic rings. The Balaban J connectivity index is 2.08. The first-order chi connectivity index (χ1) is 10.2. The molecule has 1 N–H and O–H groups in total. The van der Waals surface area contributed by atoms with E-state index < -0.39 is 5.82 Å². The van der Waals surface area contributed by atoms with Crippen molar-refractivity contribution in [2.45, 2.75) is 6.61 Å². The summed E-state index contributed by atoms with van der Waals surface area (Å²) in [5.41, 5.74) is 1.22. The maximum absolute atomic E-state index is 13.6. The van der Waals surface area contributed by atoms with E-state index in [9.17, 15) is 9.50 Å². The van der Waals surface area contributed by atoms with Gasteiger partial charge in [0.25, 0.3) is 0 Å². The van der Waals surface area contributed by atoms with E-state index in [4.69, 9.17) is 4.74 Å². The molecule has 3 aromatic rings. The fourth-order valence-electron chi connectivity index (χ4n) is 2.03. The number of benzene rings is 2. The van der Waals surface area contributed by atoms with E-state index in [1.54, 1.807) is 18.2 Å². The number of pyridine rings is 1. The topological polar surface area (TPSA) is 42.4 Å². The Morgan fingerprint density at radius 1 is 1.14 bits per heavy atom. The van der Waals surface area contributed by atoms with Gasteiger partial charge >= 0.3 is 0 Å². The van der Waals surface area contributed by atoms with Crippen molar-refractivity contribution >= 4 is 26.8 Å². The highest BCUT2D eigenvalue weighted by molar-refractivity contribution is 9.10. The Bertz CT molecular complexity index is 807. The largest absolute Gasteiger partial charge is 0.456 e. The smallest absolute Gasteiger partial charge is 0.141 e. The molecule has 0 amide bonds. The summed E-state index contributed by atoms with van der Waals surface area (Å²) in [6, 6.07) is 13.6. The third-order valence-electron chi connectivity index (χ3n) is 3.01. The maximum Gasteiger partial charge on any atom is 0.141 e. The summed E-state index contributed by atoms with van der Waals surface area (Å²) in [7, 11) is 0. The second-order valence-electron chi connectivity index (χ2n) is 4.46. The summed E-state index contributed by atoms with van der Waals surface area (Å²) in [6.45, 7) is -0.185. The molecular formula is C16H11BrFNO2. The van der Waals surface area contributed by atoms with E-state index in [2.05, 4.69) is 20.9 Å². The molecule has 0 radical (unpaired) electrons. The van der Waals surface area contributed by atoms with Crippen LogP contribution in [0.15, 0.2) is 53.0 Å². The van der Waals surface area contributed by atoms with Crippen molar-refractivity contribution in [1.82, 2.24) is 4.98 Å². The molecule has 0 fully saturated rings. The van der Waals surface area contributed by atoms with Crippen LogP contribution in [0.3, 0.4) is 0 Å². The van der Waals surface area contributed by atoms with Crippen molar-refractivity contribution in [3.05, 3.63) is 64.5 Å². The number of fused-ring (bicyclic) bond motifs is 1. The highest BCUT2D eigenvalue weighted by Crippen LogP contribution is 2.31. The Labute approximate surface area is 129 Å². The zero-order valence-electron chi connectivity index (χ0n) is 10.9. The second-order valence-corrected chi connectivity index (χ2v) is 5.32. The number of halogens is 2. The third-order valence-corrected chi connectivity index (χ3v) is 3.66. The van der Waals surface area contributed by atoms with Gasteiger partial charge in [0, 0.05) is 17.5 Å². The van der Waals surface area contributed by atoms with E-state index in [-0.39, 0.29) is 6.61 Å². The second kappa shape index (κ2) is 5.79. The minimum Gasteiger partial charge on any atom is -0.456 e. The van der Waals surface area contributed by atoms with E-state index in [0.717, 1.165) is 10.9 Å². The Kier molecular flexibility index (Phi) is 3.86. The van der Waals surface area contributed by atoms with Crippen LogP contribution in [-0.4, -0.2) is 10.1 Å². The monoisotopic (exact) mass is 347 g/mol. The van der Waals surface area contributed by atoms with Crippen LogP contribution in [0.25, 0.3) is 10.9 Å². The predicted molar refractivity (Wildman–Crippen MR) is 81.8 cm³/mol. The predicted octanol–water partition coefficient (Wildman–Crippen LogP) is 4.42. The molecule has 0 aliphatic carbocycles. The molecule has 0 aliphatic heterocycles. The molecule has 0 bridgehead atoms. The Hall–Kier alpha value is -1.98. The molecule has 0 saturated carbocycles. The zero-order valence-corrected chi connectivity index (χ0v) is 12.5. The first-order valence-electron chi connectivity index (χ1n) is 6.30. The van der Waals surface area contributed by atoms with Crippen LogP contribution in [0, 0.1) is 5.82 Å². The van der Waals surface area contributed by atoms with Crippen molar-refractivity contribution in [2.75, 3.05) is 0 Å². The van der Waals surface area contributed by atoms with Gasteiger partial charge in [0.2, 0.25) is 0 Å². The highest BCUT2D eigenvalue weighted by Gasteiger charge is 2.09. The minimum absolute atomic E-state index is 0.185. The van der Waals surface area contributed by atoms with Gasteiger partial charge in [-0.25, -0.2) is 4.39 Å². The molecule has 0 unspecified atom stereocenters. The number of aliphatic hydroxyl groups excluding tert-OH is 1. The molecule has 1 heterocycles. The quantitative estimate of drug-likeness (QED) is 0.762. The van der Waals surface area contributed by atoms with Crippen LogP contribution in [-0.2, 0) is 6.61 Å². The van der Waals surface area contributed by atoms with Crippen LogP contribution in [0.2, 0.25) is 0 Å². The molecule has 3 rings (SSSR count). The first-order valence-corrected chi connectivity index (χ1v) is 7.09. The molecule has 0 atom stereocenters. The van der Waals surface area contributed by atoms with Gasteiger partial charge in [0.05, 0.1) is 22.3 Å². The summed E-state index contributed by atoms with van der Waals surface area (Å²) in [4.78, 5) is 4.32. The number of aromatic nitrogens is 1. The van der Waals surface area contributed by atoms with Crippen LogP contribution in [0.5, 0.6) is 11.5 Å². The van der Waals surface area contributed by atoms with Gasteiger partial charge in [-0.1, -0.05) is 12.1 Å². The van der Waals surface area contributed by atoms with Crippen LogP contribution in [0.4, 0.5) is 4.39 Å². The van der Waals surface area contributed by atoms with Gasteiger partial charge in [-0.3, -0.25) is 4.98 Å². The summed E-state index contributed by atoms with van der Waals surface area (Å²) in [6.07, 6.45) is 0. The summed E-state index contributed by atoms with van der Waals surface area (Å²) >= 11 is 3.10. The number of aliphatic hydroxyl groups is 1. The number of hydrogen-bond donors (Lipinski definition) is 1. The van der Waals surface area contributed by atoms with Gasteiger partial charge in [-0.05, 0) is 40.2 Å². The van der Waals surface area contributed by atoms with Gasteiger partial charge in [-0.2, -0.15) is 0 Å². The van der Waals surface area contributed by atoms with E-state index in [0.29, 0.717) is 21.7 Å². The Morgan fingerprint density at radius 2 is 1.95 bits per heavy atom. The van der Waals surface area contributed by atoms with Crippen molar-refractivity contribution in [1.29, 1.82) is 0 Å². The van der Waals surface area contributed by atoms with Crippen LogP contribution < -0.4 is 4.74 Å². The summed E-state index contributed by atoms with van der Waals surface area (Å²) in [5, 5.41) is 10.1. The average molecular weight is 348 g/mol. The highest BCUT2D eigenvalue weighted by atomic mass is 79.9. The number of para-hydroxylation sites is 1. The minimum atomic E-state index is -0.395. The number of hydrogen-bond acceptors (Lipinski definition) is 3. The zero-order chi connectivity index (χ0) is 14.8. The van der Waals surface area contributed by atoms with Gasteiger partial charge in [0.1, 0.15) is 17.3 Å².